The van der Waals surface area contributed by atoms with E-state index in [4.69, 9.17) is 0 Å². The van der Waals surface area contributed by atoms with Crippen molar-refractivity contribution in [3.05, 3.63) is 35.9 Å². The number of carbonyl (C=O) groups is 1. The van der Waals surface area contributed by atoms with E-state index in [9.17, 15) is 4.79 Å². The molecule has 0 radical (unpaired) electrons. The fourth-order valence-corrected chi connectivity index (χ4v) is 2.65. The Bertz CT molecular complexity index is 391. The molecule has 0 saturated carbocycles. The van der Waals surface area contributed by atoms with Gasteiger partial charge in [0, 0.05) is 12.5 Å². The van der Waals surface area contributed by atoms with E-state index >= 15 is 0 Å². The molecule has 1 fully saturated rings. The van der Waals surface area contributed by atoms with Gasteiger partial charge in [0.1, 0.15) is 0 Å². The Labute approximate surface area is 127 Å². The first-order valence-electron chi connectivity index (χ1n) is 7.29. The van der Waals surface area contributed by atoms with Gasteiger partial charge in [-0.25, -0.2) is 0 Å². The molecular weight excluding hydrogens is 272 g/mol. The normalized spacial score (nSPS) is 19.8. The van der Waals surface area contributed by atoms with E-state index < -0.39 is 0 Å². The number of hydrogen-bond donors (Lipinski definition) is 2. The quantitative estimate of drug-likeness (QED) is 0.877. The number of piperidine rings is 1. The molecule has 1 aromatic carbocycles. The molecule has 0 spiro atoms. The van der Waals surface area contributed by atoms with Crippen LogP contribution in [0.4, 0.5) is 0 Å². The lowest BCUT2D eigenvalue weighted by Crippen LogP contribution is -2.44. The number of benzene rings is 1. The zero-order chi connectivity index (χ0) is 13.5. The molecule has 4 heteroatoms. The molecule has 2 unspecified atom stereocenters. The Kier molecular flexibility index (Phi) is 7.63. The van der Waals surface area contributed by atoms with Crippen molar-refractivity contribution in [1.29, 1.82) is 0 Å². The summed E-state index contributed by atoms with van der Waals surface area (Å²) in [5, 5.41) is 6.54. The summed E-state index contributed by atoms with van der Waals surface area (Å²) in [5.74, 6) is 0.747. The number of aryl methyl sites for hydroxylation is 1. The SMILES string of the molecule is CC(NC(=O)CCc1ccccc1)C1CCCNC1.Cl. The molecular formula is C16H25ClN2O. The minimum absolute atomic E-state index is 0. The Morgan fingerprint density at radius 1 is 1.40 bits per heavy atom. The maximum Gasteiger partial charge on any atom is 0.220 e. The number of amides is 1. The molecule has 112 valence electrons. The fraction of sp³-hybridized carbons (Fsp3) is 0.562. The van der Waals surface area contributed by atoms with Gasteiger partial charge in [-0.3, -0.25) is 4.79 Å². The third-order valence-corrected chi connectivity index (χ3v) is 3.91. The molecule has 0 aromatic heterocycles. The van der Waals surface area contributed by atoms with Crippen LogP contribution in [-0.4, -0.2) is 25.0 Å². The van der Waals surface area contributed by atoms with Crippen molar-refractivity contribution in [3.8, 4) is 0 Å². The summed E-state index contributed by atoms with van der Waals surface area (Å²) in [6, 6.07) is 10.5. The van der Waals surface area contributed by atoms with Gasteiger partial charge in [0.15, 0.2) is 0 Å². The highest BCUT2D eigenvalue weighted by atomic mass is 35.5. The summed E-state index contributed by atoms with van der Waals surface area (Å²) >= 11 is 0. The second kappa shape index (κ2) is 8.98. The number of nitrogens with one attached hydrogen (secondary N) is 2. The van der Waals surface area contributed by atoms with Crippen LogP contribution in [0.15, 0.2) is 30.3 Å². The Morgan fingerprint density at radius 2 is 2.15 bits per heavy atom. The van der Waals surface area contributed by atoms with Crippen molar-refractivity contribution in [2.45, 2.75) is 38.6 Å². The lowest BCUT2D eigenvalue weighted by molar-refractivity contribution is -0.122. The molecule has 1 aromatic rings. The van der Waals surface area contributed by atoms with Crippen LogP contribution in [0.3, 0.4) is 0 Å². The van der Waals surface area contributed by atoms with Gasteiger partial charge in [-0.15, -0.1) is 12.4 Å². The number of rotatable bonds is 5. The standard InChI is InChI=1S/C16H24N2O.ClH/c1-13(15-8-5-11-17-12-15)18-16(19)10-9-14-6-3-2-4-7-14;/h2-4,6-7,13,15,17H,5,8-12H2,1H3,(H,18,19);1H. The van der Waals surface area contributed by atoms with E-state index in [0.717, 1.165) is 19.5 Å². The predicted octanol–water partition coefficient (Wildman–Crippen LogP) is 2.55. The van der Waals surface area contributed by atoms with E-state index in [1.54, 1.807) is 0 Å². The van der Waals surface area contributed by atoms with Crippen molar-refractivity contribution >= 4 is 18.3 Å². The molecule has 1 aliphatic rings. The summed E-state index contributed by atoms with van der Waals surface area (Å²) in [6.07, 6.45) is 3.83. The van der Waals surface area contributed by atoms with Crippen molar-refractivity contribution < 1.29 is 4.79 Å². The summed E-state index contributed by atoms with van der Waals surface area (Å²) < 4.78 is 0. The molecule has 20 heavy (non-hydrogen) atoms. The Morgan fingerprint density at radius 3 is 2.80 bits per heavy atom. The topological polar surface area (TPSA) is 41.1 Å². The molecule has 2 atom stereocenters. The molecule has 1 aliphatic heterocycles. The second-order valence-electron chi connectivity index (χ2n) is 5.45. The Hall–Kier alpha value is -1.06. The zero-order valence-corrected chi connectivity index (χ0v) is 12.9. The van der Waals surface area contributed by atoms with Crippen LogP contribution >= 0.6 is 12.4 Å². The van der Waals surface area contributed by atoms with Gasteiger partial charge < -0.3 is 10.6 Å². The van der Waals surface area contributed by atoms with Gasteiger partial charge in [0.25, 0.3) is 0 Å². The van der Waals surface area contributed by atoms with Gasteiger partial charge >= 0.3 is 0 Å². The van der Waals surface area contributed by atoms with Crippen LogP contribution in [-0.2, 0) is 11.2 Å². The average Bonchev–Trinajstić information content (AvgIpc) is 2.47. The summed E-state index contributed by atoms with van der Waals surface area (Å²) in [6.45, 7) is 4.27. The van der Waals surface area contributed by atoms with Crippen LogP contribution in [0.5, 0.6) is 0 Å². The van der Waals surface area contributed by atoms with Crippen LogP contribution in [0.25, 0.3) is 0 Å². The zero-order valence-electron chi connectivity index (χ0n) is 12.1. The van der Waals surface area contributed by atoms with Crippen molar-refractivity contribution in [3.63, 3.8) is 0 Å². The van der Waals surface area contributed by atoms with Gasteiger partial charge in [0.05, 0.1) is 0 Å². The van der Waals surface area contributed by atoms with E-state index in [0.29, 0.717) is 12.3 Å². The van der Waals surface area contributed by atoms with Crippen molar-refractivity contribution in [2.75, 3.05) is 13.1 Å². The number of hydrogen-bond acceptors (Lipinski definition) is 2. The lowest BCUT2D eigenvalue weighted by Gasteiger charge is -2.28. The highest BCUT2D eigenvalue weighted by molar-refractivity contribution is 5.85. The lowest BCUT2D eigenvalue weighted by atomic mass is 9.92. The smallest absolute Gasteiger partial charge is 0.220 e. The van der Waals surface area contributed by atoms with Crippen molar-refractivity contribution in [1.82, 2.24) is 10.6 Å². The first kappa shape index (κ1) is 17.0. The van der Waals surface area contributed by atoms with E-state index in [2.05, 4.69) is 29.7 Å². The molecule has 3 nitrogen and oxygen atoms in total. The fourth-order valence-electron chi connectivity index (χ4n) is 2.65. The third-order valence-electron chi connectivity index (χ3n) is 3.91. The Balaban J connectivity index is 0.00000200. The van der Waals surface area contributed by atoms with E-state index in [1.807, 2.05) is 18.2 Å². The van der Waals surface area contributed by atoms with Crippen molar-refractivity contribution in [2.24, 2.45) is 5.92 Å². The minimum atomic E-state index is 0. The first-order chi connectivity index (χ1) is 9.25. The summed E-state index contributed by atoms with van der Waals surface area (Å²) in [7, 11) is 0. The molecule has 0 aliphatic carbocycles. The third kappa shape index (κ3) is 5.51. The molecule has 1 saturated heterocycles. The van der Waals surface area contributed by atoms with Gasteiger partial charge in [-0.05, 0) is 50.8 Å². The first-order valence-corrected chi connectivity index (χ1v) is 7.29. The second-order valence-corrected chi connectivity index (χ2v) is 5.45. The van der Waals surface area contributed by atoms with Crippen LogP contribution < -0.4 is 10.6 Å². The number of halogens is 1. The van der Waals surface area contributed by atoms with Gasteiger partial charge in [0.2, 0.25) is 5.91 Å². The van der Waals surface area contributed by atoms with Gasteiger partial charge in [-0.2, -0.15) is 0 Å². The molecule has 2 rings (SSSR count). The van der Waals surface area contributed by atoms with Crippen LogP contribution in [0.1, 0.15) is 31.7 Å². The van der Waals surface area contributed by atoms with E-state index in [-0.39, 0.29) is 24.4 Å². The molecule has 0 bridgehead atoms. The largest absolute Gasteiger partial charge is 0.353 e. The maximum atomic E-state index is 11.9. The van der Waals surface area contributed by atoms with E-state index in [1.165, 1.54) is 18.4 Å². The monoisotopic (exact) mass is 296 g/mol. The van der Waals surface area contributed by atoms with Crippen LogP contribution in [0.2, 0.25) is 0 Å². The summed E-state index contributed by atoms with van der Waals surface area (Å²) in [5.41, 5.74) is 1.23. The predicted molar refractivity (Wildman–Crippen MR) is 85.2 cm³/mol. The minimum Gasteiger partial charge on any atom is -0.353 e. The van der Waals surface area contributed by atoms with Gasteiger partial charge in [-0.1, -0.05) is 30.3 Å². The van der Waals surface area contributed by atoms with Crippen LogP contribution in [0, 0.1) is 5.92 Å². The highest BCUT2D eigenvalue weighted by Crippen LogP contribution is 2.14. The molecule has 1 heterocycles. The average molecular weight is 297 g/mol. The molecule has 2 N–H and O–H groups in total. The maximum absolute atomic E-state index is 11.9. The summed E-state index contributed by atoms with van der Waals surface area (Å²) in [4.78, 5) is 11.9. The number of carbonyl (C=O) groups excluding carboxylic acids is 1. The highest BCUT2D eigenvalue weighted by Gasteiger charge is 2.20. The molecule has 1 amide bonds.